The van der Waals surface area contributed by atoms with Gasteiger partial charge in [0.1, 0.15) is 6.73 Å². The lowest BCUT2D eigenvalue weighted by Crippen LogP contribution is -2.25. The largest absolute Gasteiger partial charge is 0.726 e. The van der Waals surface area contributed by atoms with Crippen molar-refractivity contribution >= 4 is 66.1 Å². The zero-order valence-corrected chi connectivity index (χ0v) is 20.3. The number of halogens is 1. The Balaban J connectivity index is 0.000000469. The molecule has 0 atom stereocenters. The predicted molar refractivity (Wildman–Crippen MR) is 119 cm³/mol. The minimum Gasteiger partial charge on any atom is -0.726 e. The van der Waals surface area contributed by atoms with E-state index >= 15 is 0 Å². The number of methoxy groups -OCH3 is 1. The van der Waals surface area contributed by atoms with Crippen LogP contribution in [0.25, 0.3) is 17.0 Å². The number of rotatable bonds is 4. The molecule has 9 nitrogen and oxygen atoms in total. The van der Waals surface area contributed by atoms with E-state index in [4.69, 9.17) is 4.74 Å². The Labute approximate surface area is 188 Å². The molecule has 0 spiro atoms. The molecule has 1 aromatic carbocycles. The quantitative estimate of drug-likeness (QED) is 0.264. The van der Waals surface area contributed by atoms with Crippen molar-refractivity contribution in [3.8, 4) is 0 Å². The zero-order valence-electron chi connectivity index (χ0n) is 17.1. The number of benzene rings is 1. The van der Waals surface area contributed by atoms with Crippen molar-refractivity contribution in [2.24, 2.45) is 0 Å². The molecule has 0 unspecified atom stereocenters. The van der Waals surface area contributed by atoms with Gasteiger partial charge in [0.25, 0.3) is 0 Å². The number of aromatic nitrogens is 1. The number of thioether (sulfide) groups is 1. The highest BCUT2D eigenvalue weighted by atomic mass is 79.9. The molecule has 12 heteroatoms. The predicted octanol–water partition coefficient (Wildman–Crippen LogP) is 2.27. The first-order chi connectivity index (χ1) is 14.0. The molecular formula is C18H22BrN3O6S2. The summed E-state index contributed by atoms with van der Waals surface area (Å²) in [4.78, 5) is 14.2. The average Bonchev–Trinajstić information content (AvgIpc) is 3.12. The van der Waals surface area contributed by atoms with Crippen LogP contribution < -0.4 is 0 Å². The number of fused-ring (bicyclic) bond motifs is 1. The van der Waals surface area contributed by atoms with E-state index in [1.807, 2.05) is 40.8 Å². The van der Waals surface area contributed by atoms with Gasteiger partial charge in [-0.05, 0) is 30.2 Å². The Morgan fingerprint density at radius 2 is 1.97 bits per heavy atom. The molecule has 0 bridgehead atoms. The van der Waals surface area contributed by atoms with Gasteiger partial charge in [-0.1, -0.05) is 22.0 Å². The Morgan fingerprint density at radius 1 is 1.33 bits per heavy atom. The third kappa shape index (κ3) is 5.50. The standard InChI is InChI=1S/C17H19BrN3O2S.CH4O4S/c1-19-15(16(22)20(2)17(19)24-4)7-11-9-21(10-23-3)14-8-12(18)5-6-13(11)14;1-5-6(2,3)4/h5-9H,10H2,1-4H3;1H3,(H,2,3,4)/q+1;/p-1/b15-7-;. The highest BCUT2D eigenvalue weighted by molar-refractivity contribution is 9.10. The lowest BCUT2D eigenvalue weighted by atomic mass is 10.1. The molecule has 1 aliphatic rings. The molecular weight excluding hydrogens is 498 g/mol. The number of amides is 1. The maximum Gasteiger partial charge on any atom is 0.381 e. The van der Waals surface area contributed by atoms with Gasteiger partial charge in [-0.2, -0.15) is 4.90 Å². The Bertz CT molecular complexity index is 1120. The van der Waals surface area contributed by atoms with Crippen LogP contribution in [0.3, 0.4) is 0 Å². The van der Waals surface area contributed by atoms with Crippen molar-refractivity contribution < 1.29 is 31.3 Å². The molecule has 1 aliphatic heterocycles. The Hall–Kier alpha value is -1.70. The van der Waals surface area contributed by atoms with E-state index in [1.54, 1.807) is 30.8 Å². The fourth-order valence-electron chi connectivity index (χ4n) is 2.96. The summed E-state index contributed by atoms with van der Waals surface area (Å²) >= 11 is 5.08. The van der Waals surface area contributed by atoms with Gasteiger partial charge in [0, 0.05) is 34.8 Å². The number of likely N-dealkylation sites (N-methyl/N-ethyl adjacent to an activating group) is 2. The molecule has 0 fully saturated rings. The molecule has 2 aromatic rings. The van der Waals surface area contributed by atoms with Crippen LogP contribution in [0.5, 0.6) is 0 Å². The summed E-state index contributed by atoms with van der Waals surface area (Å²) in [7, 11) is 1.79. The van der Waals surface area contributed by atoms with E-state index in [9.17, 15) is 17.8 Å². The summed E-state index contributed by atoms with van der Waals surface area (Å²) in [5.74, 6) is 0.00611. The van der Waals surface area contributed by atoms with Gasteiger partial charge in [-0.25, -0.2) is 17.8 Å². The third-order valence-corrected chi connectivity index (χ3v) is 6.10. The summed E-state index contributed by atoms with van der Waals surface area (Å²) < 4.78 is 41.3. The normalized spacial score (nSPS) is 15.9. The number of hydrogen-bond acceptors (Lipinski definition) is 7. The van der Waals surface area contributed by atoms with E-state index < -0.39 is 10.4 Å². The second-order valence-corrected chi connectivity index (χ2v) is 8.99. The van der Waals surface area contributed by atoms with Gasteiger partial charge in [0.15, 0.2) is 0 Å². The van der Waals surface area contributed by atoms with E-state index in [2.05, 4.69) is 32.2 Å². The van der Waals surface area contributed by atoms with Gasteiger partial charge < -0.3 is 13.9 Å². The summed E-state index contributed by atoms with van der Waals surface area (Å²) in [5, 5.41) is 2.01. The lowest BCUT2D eigenvalue weighted by molar-refractivity contribution is -0.429. The molecule has 1 amide bonds. The van der Waals surface area contributed by atoms with Crippen LogP contribution in [0.1, 0.15) is 5.56 Å². The smallest absolute Gasteiger partial charge is 0.381 e. The second-order valence-electron chi connectivity index (χ2n) is 6.15. The summed E-state index contributed by atoms with van der Waals surface area (Å²) in [6.07, 6.45) is 5.94. The molecule has 1 aromatic heterocycles. The maximum absolute atomic E-state index is 12.6. The molecule has 0 N–H and O–H groups in total. The topological polar surface area (TPSA) is 104 Å². The summed E-state index contributed by atoms with van der Waals surface area (Å²) in [6.45, 7) is 0.460. The van der Waals surface area contributed by atoms with Crippen LogP contribution in [0, 0.1) is 0 Å². The van der Waals surface area contributed by atoms with Crippen molar-refractivity contribution in [3.05, 3.63) is 40.1 Å². The average molecular weight is 520 g/mol. The number of nitrogens with zero attached hydrogens (tertiary/aromatic N) is 3. The van der Waals surface area contributed by atoms with Crippen LogP contribution in [-0.2, 0) is 30.8 Å². The number of carbonyl (C=O) groups excluding carboxylic acids is 1. The van der Waals surface area contributed by atoms with Crippen molar-refractivity contribution in [1.82, 2.24) is 9.47 Å². The minimum atomic E-state index is -4.41. The van der Waals surface area contributed by atoms with Gasteiger partial charge in [0.05, 0.1) is 26.7 Å². The molecule has 0 radical (unpaired) electrons. The first kappa shape index (κ1) is 24.6. The Morgan fingerprint density at radius 3 is 2.47 bits per heavy atom. The van der Waals surface area contributed by atoms with E-state index in [1.165, 1.54) is 0 Å². The van der Waals surface area contributed by atoms with Crippen molar-refractivity contribution in [1.29, 1.82) is 0 Å². The van der Waals surface area contributed by atoms with Crippen LogP contribution in [0.2, 0.25) is 0 Å². The molecule has 0 saturated heterocycles. The van der Waals surface area contributed by atoms with E-state index in [0.29, 0.717) is 12.4 Å². The number of ether oxygens (including phenoxy) is 1. The number of hydrogen-bond donors (Lipinski definition) is 0. The van der Waals surface area contributed by atoms with Gasteiger partial charge in [-0.15, -0.1) is 0 Å². The summed E-state index contributed by atoms with van der Waals surface area (Å²) in [6, 6.07) is 6.12. The Kier molecular flexibility index (Phi) is 8.25. The van der Waals surface area contributed by atoms with Crippen molar-refractivity contribution in [2.75, 3.05) is 34.6 Å². The monoisotopic (exact) mass is 519 g/mol. The van der Waals surface area contributed by atoms with Crippen molar-refractivity contribution in [2.45, 2.75) is 6.73 Å². The first-order valence-corrected chi connectivity index (χ1v) is 11.8. The second kappa shape index (κ2) is 10.1. The van der Waals surface area contributed by atoms with Crippen LogP contribution in [0.15, 0.2) is 34.6 Å². The maximum atomic E-state index is 12.6. The summed E-state index contributed by atoms with van der Waals surface area (Å²) in [5.41, 5.74) is 2.73. The van der Waals surface area contributed by atoms with Gasteiger partial charge in [-0.3, -0.25) is 4.18 Å². The van der Waals surface area contributed by atoms with Crippen LogP contribution >= 0.6 is 27.7 Å². The number of carbonyl (C=O) groups is 1. The van der Waals surface area contributed by atoms with Crippen molar-refractivity contribution in [3.63, 3.8) is 0 Å². The zero-order chi connectivity index (χ0) is 22.6. The van der Waals surface area contributed by atoms with E-state index in [0.717, 1.165) is 33.2 Å². The van der Waals surface area contributed by atoms with Gasteiger partial charge in [0.2, 0.25) is 16.1 Å². The molecule has 0 saturated carbocycles. The SMILES string of the molecule is COCn1cc(/C=C2/C(=O)N(C)C(SC)=[N+]2C)c2ccc(Br)cc21.COS(=O)(=O)[O-]. The highest BCUT2D eigenvalue weighted by Crippen LogP contribution is 2.28. The fraction of sp³-hybridized carbons (Fsp3) is 0.333. The minimum absolute atomic E-state index is 0.00611. The van der Waals surface area contributed by atoms with Crippen LogP contribution in [-0.4, -0.2) is 72.7 Å². The first-order valence-electron chi connectivity index (χ1n) is 8.47. The molecule has 30 heavy (non-hydrogen) atoms. The number of amidine groups is 1. The highest BCUT2D eigenvalue weighted by Gasteiger charge is 2.39. The third-order valence-electron chi connectivity index (χ3n) is 4.28. The van der Waals surface area contributed by atoms with Crippen LogP contribution in [0.4, 0.5) is 0 Å². The van der Waals surface area contributed by atoms with E-state index in [-0.39, 0.29) is 5.91 Å². The fourth-order valence-corrected chi connectivity index (χ4v) is 4.04. The van der Waals surface area contributed by atoms with Gasteiger partial charge >= 0.3 is 11.1 Å². The molecule has 0 aliphatic carbocycles. The lowest BCUT2D eigenvalue weighted by Gasteiger charge is -2.02. The molecule has 2 heterocycles. The molecule has 164 valence electrons. The molecule has 3 rings (SSSR count).